The van der Waals surface area contributed by atoms with Crippen LogP contribution < -0.4 is 5.73 Å². The summed E-state index contributed by atoms with van der Waals surface area (Å²) in [6.07, 6.45) is 8.35. The predicted octanol–water partition coefficient (Wildman–Crippen LogP) is 2.86. The van der Waals surface area contributed by atoms with E-state index in [2.05, 4.69) is 9.88 Å². The van der Waals surface area contributed by atoms with E-state index < -0.39 is 0 Å². The molecule has 1 saturated heterocycles. The number of halogens is 1. The zero-order chi connectivity index (χ0) is 13.9. The molecule has 0 aromatic carbocycles. The maximum absolute atomic E-state index is 12.7. The van der Waals surface area contributed by atoms with Crippen molar-refractivity contribution in [1.29, 1.82) is 0 Å². The molecule has 0 spiro atoms. The fourth-order valence-corrected chi connectivity index (χ4v) is 4.46. The van der Waals surface area contributed by atoms with E-state index in [4.69, 9.17) is 5.73 Å². The molecule has 1 unspecified atom stereocenters. The number of aromatic nitrogens is 1. The maximum Gasteiger partial charge on any atom is 0.273 e. The van der Waals surface area contributed by atoms with Crippen LogP contribution in [-0.2, 0) is 6.42 Å². The van der Waals surface area contributed by atoms with Crippen LogP contribution in [0.5, 0.6) is 0 Å². The number of likely N-dealkylation sites (tertiary alicyclic amines) is 1. The number of rotatable bonds is 4. The Hall–Kier alpha value is -0.650. The average Bonchev–Trinajstić information content (AvgIpc) is 3.19. The third kappa shape index (κ3) is 3.58. The molecule has 1 aromatic heterocycles. The lowest BCUT2D eigenvalue weighted by Crippen LogP contribution is -2.39. The zero-order valence-corrected chi connectivity index (χ0v) is 13.9. The first-order valence-electron chi connectivity index (χ1n) is 7.75. The molecule has 0 radical (unpaired) electrons. The minimum absolute atomic E-state index is 0. The summed E-state index contributed by atoms with van der Waals surface area (Å²) in [6.45, 7) is 1.50. The fraction of sp³-hybridized carbons (Fsp3) is 0.733. The van der Waals surface area contributed by atoms with Crippen molar-refractivity contribution >= 4 is 29.7 Å². The summed E-state index contributed by atoms with van der Waals surface area (Å²) in [6, 6.07) is 0.463. The Kier molecular flexibility index (Phi) is 6.02. The first-order chi connectivity index (χ1) is 9.79. The summed E-state index contributed by atoms with van der Waals surface area (Å²) in [5.41, 5.74) is 6.17. The Bertz CT molecular complexity index is 473. The van der Waals surface area contributed by atoms with Gasteiger partial charge in [-0.1, -0.05) is 12.8 Å². The zero-order valence-electron chi connectivity index (χ0n) is 12.3. The van der Waals surface area contributed by atoms with Crippen LogP contribution in [0.3, 0.4) is 0 Å². The van der Waals surface area contributed by atoms with Crippen LogP contribution in [0.4, 0.5) is 0 Å². The molecule has 1 aromatic rings. The van der Waals surface area contributed by atoms with Gasteiger partial charge in [-0.25, -0.2) is 4.98 Å². The SMILES string of the molecule is Cl.NCCc1nc(C(=O)N2CCCC2C2CCCC2)cs1. The number of hydrogen-bond acceptors (Lipinski definition) is 4. The van der Waals surface area contributed by atoms with Crippen molar-refractivity contribution in [2.24, 2.45) is 11.7 Å². The highest BCUT2D eigenvalue weighted by Gasteiger charge is 2.36. The Balaban J connectivity index is 0.00000161. The quantitative estimate of drug-likeness (QED) is 0.924. The summed E-state index contributed by atoms with van der Waals surface area (Å²) in [4.78, 5) is 19.2. The molecule has 21 heavy (non-hydrogen) atoms. The Labute approximate surface area is 136 Å². The molecule has 0 bridgehead atoms. The Morgan fingerprint density at radius 1 is 1.33 bits per heavy atom. The van der Waals surface area contributed by atoms with Crippen LogP contribution >= 0.6 is 23.7 Å². The third-order valence-electron chi connectivity index (χ3n) is 4.63. The van der Waals surface area contributed by atoms with Crippen molar-refractivity contribution < 1.29 is 4.79 Å². The second-order valence-corrected chi connectivity index (χ2v) is 6.86. The lowest BCUT2D eigenvalue weighted by Gasteiger charge is -2.28. The van der Waals surface area contributed by atoms with Gasteiger partial charge in [0.2, 0.25) is 0 Å². The van der Waals surface area contributed by atoms with Crippen molar-refractivity contribution in [1.82, 2.24) is 9.88 Å². The Morgan fingerprint density at radius 3 is 2.81 bits per heavy atom. The molecule has 1 amide bonds. The highest BCUT2D eigenvalue weighted by atomic mass is 35.5. The van der Waals surface area contributed by atoms with Gasteiger partial charge in [0.05, 0.1) is 5.01 Å². The maximum atomic E-state index is 12.7. The number of hydrogen-bond donors (Lipinski definition) is 1. The molecule has 2 heterocycles. The highest BCUT2D eigenvalue weighted by molar-refractivity contribution is 7.09. The minimum Gasteiger partial charge on any atom is -0.334 e. The molecule has 2 N–H and O–H groups in total. The van der Waals surface area contributed by atoms with Crippen molar-refractivity contribution in [3.8, 4) is 0 Å². The first kappa shape index (κ1) is 16.7. The number of amides is 1. The second-order valence-electron chi connectivity index (χ2n) is 5.92. The lowest BCUT2D eigenvalue weighted by atomic mass is 9.96. The molecular formula is C15H24ClN3OS. The van der Waals surface area contributed by atoms with Crippen LogP contribution in [0.15, 0.2) is 5.38 Å². The number of carbonyl (C=O) groups excluding carboxylic acids is 1. The molecule has 3 rings (SSSR count). The lowest BCUT2D eigenvalue weighted by molar-refractivity contribution is 0.0683. The van der Waals surface area contributed by atoms with Gasteiger partial charge in [0.15, 0.2) is 0 Å². The first-order valence-corrected chi connectivity index (χ1v) is 8.63. The number of nitrogens with two attached hydrogens (primary N) is 1. The van der Waals surface area contributed by atoms with E-state index in [0.29, 0.717) is 18.3 Å². The van der Waals surface area contributed by atoms with Gasteiger partial charge in [-0.2, -0.15) is 0 Å². The summed E-state index contributed by atoms with van der Waals surface area (Å²) in [5, 5.41) is 2.88. The highest BCUT2D eigenvalue weighted by Crippen LogP contribution is 2.36. The molecule has 1 atom stereocenters. The topological polar surface area (TPSA) is 59.2 Å². The number of thiazole rings is 1. The van der Waals surface area contributed by atoms with Crippen LogP contribution in [0.25, 0.3) is 0 Å². The molecule has 4 nitrogen and oxygen atoms in total. The van der Waals surface area contributed by atoms with Gasteiger partial charge < -0.3 is 10.6 Å². The number of carbonyl (C=O) groups is 1. The normalized spacial score (nSPS) is 22.5. The van der Waals surface area contributed by atoms with Crippen LogP contribution in [0.2, 0.25) is 0 Å². The van der Waals surface area contributed by atoms with Crippen LogP contribution in [-0.4, -0.2) is 34.9 Å². The third-order valence-corrected chi connectivity index (χ3v) is 5.54. The van der Waals surface area contributed by atoms with E-state index in [9.17, 15) is 4.79 Å². The fourth-order valence-electron chi connectivity index (χ4n) is 3.67. The summed E-state index contributed by atoms with van der Waals surface area (Å²) >= 11 is 1.56. The monoisotopic (exact) mass is 329 g/mol. The second kappa shape index (κ2) is 7.56. The molecule has 1 aliphatic carbocycles. The van der Waals surface area contributed by atoms with Crippen LogP contribution in [0, 0.1) is 5.92 Å². The molecular weight excluding hydrogens is 306 g/mol. The van der Waals surface area contributed by atoms with Crippen molar-refractivity contribution in [3.05, 3.63) is 16.1 Å². The largest absolute Gasteiger partial charge is 0.334 e. The van der Waals surface area contributed by atoms with Gasteiger partial charge in [-0.05, 0) is 38.1 Å². The minimum atomic E-state index is 0. The van der Waals surface area contributed by atoms with E-state index >= 15 is 0 Å². The molecule has 6 heteroatoms. The predicted molar refractivity (Wildman–Crippen MR) is 88.1 cm³/mol. The van der Waals surface area contributed by atoms with Gasteiger partial charge in [0.1, 0.15) is 5.69 Å². The van der Waals surface area contributed by atoms with E-state index in [1.165, 1.54) is 32.1 Å². The van der Waals surface area contributed by atoms with Gasteiger partial charge >= 0.3 is 0 Å². The molecule has 118 valence electrons. The van der Waals surface area contributed by atoms with E-state index in [1.807, 2.05) is 5.38 Å². The Morgan fingerprint density at radius 2 is 2.10 bits per heavy atom. The summed E-state index contributed by atoms with van der Waals surface area (Å²) < 4.78 is 0. The van der Waals surface area contributed by atoms with Gasteiger partial charge in [0.25, 0.3) is 5.91 Å². The average molecular weight is 330 g/mol. The van der Waals surface area contributed by atoms with Crippen molar-refractivity contribution in [3.63, 3.8) is 0 Å². The van der Waals surface area contributed by atoms with E-state index in [0.717, 1.165) is 30.3 Å². The van der Waals surface area contributed by atoms with Gasteiger partial charge in [-0.3, -0.25) is 4.79 Å². The molecule has 2 aliphatic rings. The smallest absolute Gasteiger partial charge is 0.273 e. The number of nitrogens with zero attached hydrogens (tertiary/aromatic N) is 2. The van der Waals surface area contributed by atoms with E-state index in [1.54, 1.807) is 11.3 Å². The van der Waals surface area contributed by atoms with Gasteiger partial charge in [-0.15, -0.1) is 23.7 Å². The van der Waals surface area contributed by atoms with Crippen molar-refractivity contribution in [2.75, 3.05) is 13.1 Å². The van der Waals surface area contributed by atoms with Crippen LogP contribution in [0.1, 0.15) is 54.0 Å². The molecule has 1 aliphatic heterocycles. The summed E-state index contributed by atoms with van der Waals surface area (Å²) in [5.74, 6) is 0.863. The van der Waals surface area contributed by atoms with E-state index in [-0.39, 0.29) is 18.3 Å². The standard InChI is InChI=1S/C15H23N3OS.ClH/c16-8-7-14-17-12(10-20-14)15(19)18-9-3-6-13(18)11-4-1-2-5-11;/h10-11,13H,1-9,16H2;1H. The summed E-state index contributed by atoms with van der Waals surface area (Å²) in [7, 11) is 0. The van der Waals surface area contributed by atoms with Crippen molar-refractivity contribution in [2.45, 2.75) is 51.0 Å². The molecule has 2 fully saturated rings. The van der Waals surface area contributed by atoms with Gasteiger partial charge in [0, 0.05) is 24.4 Å². The molecule has 1 saturated carbocycles.